The number of hydrogen-bond acceptors (Lipinski definition) is 3. The van der Waals surface area contributed by atoms with Crippen LogP contribution in [0.25, 0.3) is 0 Å². The van der Waals surface area contributed by atoms with Crippen LogP contribution in [0.1, 0.15) is 59.3 Å². The number of carbonyl (C=O) groups is 1. The summed E-state index contributed by atoms with van der Waals surface area (Å²) in [5.41, 5.74) is 5.56. The third-order valence-electron chi connectivity index (χ3n) is 4.97. The molecule has 4 unspecified atom stereocenters. The van der Waals surface area contributed by atoms with Crippen molar-refractivity contribution in [3.63, 3.8) is 0 Å². The fourth-order valence-electron chi connectivity index (χ4n) is 3.65. The summed E-state index contributed by atoms with van der Waals surface area (Å²) in [6.45, 7) is 6.84. The highest BCUT2D eigenvalue weighted by atomic mass is 19.1. The predicted molar refractivity (Wildman–Crippen MR) is 89.4 cm³/mol. The largest absolute Gasteiger partial charge is 0.356 e. The normalized spacial score (nSPS) is 37.9. The number of nitrogens with one attached hydrogen (secondary N) is 1. The van der Waals surface area contributed by atoms with E-state index >= 15 is 0 Å². The van der Waals surface area contributed by atoms with Gasteiger partial charge in [0.2, 0.25) is 5.91 Å². The molecular weight excluding hydrogens is 281 g/mol. The minimum atomic E-state index is -0.571. The first kappa shape index (κ1) is 19.4. The number of piperidine rings is 1. The molecule has 22 heavy (non-hydrogen) atoms. The summed E-state index contributed by atoms with van der Waals surface area (Å²) in [4.78, 5) is 12.9. The zero-order valence-corrected chi connectivity index (χ0v) is 14.6. The Morgan fingerprint density at radius 3 is 2.64 bits per heavy atom. The van der Waals surface area contributed by atoms with Gasteiger partial charge in [-0.05, 0) is 45.1 Å². The standard InChI is InChI=1S/C9H16FN.C6H12N2O.C2H6/c1-6-5-7-3-4-8(9(6)10)11(7)2;7-5-2-1-3-8-6(9)4-5;1-2/h6-9H,3-5H2,1-2H3;5H,1-4,7H2,(H,8,9);1-2H3/t6-,7?,8?,9?;;/m0../s1. The van der Waals surface area contributed by atoms with Gasteiger partial charge in [-0.3, -0.25) is 9.69 Å². The molecule has 2 bridgehead atoms. The summed E-state index contributed by atoms with van der Waals surface area (Å²) in [6.07, 6.45) is 5.28. The molecule has 5 atom stereocenters. The fourth-order valence-corrected chi connectivity index (χ4v) is 3.65. The monoisotopic (exact) mass is 315 g/mol. The fraction of sp³-hybridized carbons (Fsp3) is 0.941. The highest BCUT2D eigenvalue weighted by Crippen LogP contribution is 2.38. The lowest BCUT2D eigenvalue weighted by molar-refractivity contribution is -0.120. The molecule has 3 N–H and O–H groups in total. The van der Waals surface area contributed by atoms with Gasteiger partial charge in [-0.1, -0.05) is 20.8 Å². The van der Waals surface area contributed by atoms with E-state index in [1.165, 1.54) is 6.42 Å². The lowest BCUT2D eigenvalue weighted by Crippen LogP contribution is -2.47. The zero-order chi connectivity index (χ0) is 16.7. The van der Waals surface area contributed by atoms with Crippen molar-refractivity contribution in [3.05, 3.63) is 0 Å². The number of amides is 1. The van der Waals surface area contributed by atoms with E-state index in [0.29, 0.717) is 18.4 Å². The van der Waals surface area contributed by atoms with Crippen molar-refractivity contribution in [2.45, 2.75) is 83.6 Å². The molecule has 3 aliphatic rings. The minimum Gasteiger partial charge on any atom is -0.356 e. The topological polar surface area (TPSA) is 58.4 Å². The molecule has 0 aromatic carbocycles. The number of carbonyl (C=O) groups excluding carboxylic acids is 1. The van der Waals surface area contributed by atoms with Gasteiger partial charge in [0.05, 0.1) is 0 Å². The van der Waals surface area contributed by atoms with Gasteiger partial charge < -0.3 is 11.1 Å². The summed E-state index contributed by atoms with van der Waals surface area (Å²) in [7, 11) is 2.07. The molecule has 0 radical (unpaired) electrons. The second kappa shape index (κ2) is 9.46. The van der Waals surface area contributed by atoms with Crippen molar-refractivity contribution in [2.24, 2.45) is 11.7 Å². The maximum absolute atomic E-state index is 13.5. The maximum Gasteiger partial charge on any atom is 0.221 e. The molecule has 1 amide bonds. The lowest BCUT2D eigenvalue weighted by Gasteiger charge is -2.37. The predicted octanol–water partition coefficient (Wildman–Crippen LogP) is 2.47. The number of rotatable bonds is 0. The SMILES string of the molecule is CC.C[C@H]1CC2CCC(C1F)N2C.NC1CCCNC(=O)C1. The van der Waals surface area contributed by atoms with E-state index in [-0.39, 0.29) is 18.0 Å². The molecule has 3 fully saturated rings. The van der Waals surface area contributed by atoms with Gasteiger partial charge in [-0.2, -0.15) is 0 Å². The van der Waals surface area contributed by atoms with Crippen molar-refractivity contribution in [1.82, 2.24) is 10.2 Å². The first-order valence-electron chi connectivity index (χ1n) is 8.87. The summed E-state index contributed by atoms with van der Waals surface area (Å²) in [5, 5.41) is 2.76. The van der Waals surface area contributed by atoms with Crippen LogP contribution >= 0.6 is 0 Å². The van der Waals surface area contributed by atoms with Crippen molar-refractivity contribution >= 4 is 5.91 Å². The van der Waals surface area contributed by atoms with Crippen LogP contribution in [-0.4, -0.2) is 48.7 Å². The molecule has 0 aromatic rings. The molecule has 130 valence electrons. The summed E-state index contributed by atoms with van der Waals surface area (Å²) in [5.74, 6) is 0.392. The second-order valence-corrected chi connectivity index (χ2v) is 6.58. The zero-order valence-electron chi connectivity index (χ0n) is 14.6. The van der Waals surface area contributed by atoms with Gasteiger partial charge in [0.1, 0.15) is 6.17 Å². The summed E-state index contributed by atoms with van der Waals surface area (Å²) < 4.78 is 13.5. The molecule has 0 saturated carbocycles. The average Bonchev–Trinajstić information content (AvgIpc) is 2.64. The van der Waals surface area contributed by atoms with Gasteiger partial charge in [-0.25, -0.2) is 4.39 Å². The number of alkyl halides is 1. The van der Waals surface area contributed by atoms with E-state index in [1.807, 2.05) is 20.8 Å². The van der Waals surface area contributed by atoms with Crippen molar-refractivity contribution in [3.8, 4) is 0 Å². The third-order valence-corrected chi connectivity index (χ3v) is 4.97. The van der Waals surface area contributed by atoms with Gasteiger partial charge in [0.25, 0.3) is 0 Å². The third kappa shape index (κ3) is 5.20. The Morgan fingerprint density at radius 1 is 1.27 bits per heavy atom. The van der Waals surface area contributed by atoms with Crippen molar-refractivity contribution < 1.29 is 9.18 Å². The number of nitrogens with zero attached hydrogens (tertiary/aromatic N) is 1. The van der Waals surface area contributed by atoms with Crippen LogP contribution in [0.2, 0.25) is 0 Å². The van der Waals surface area contributed by atoms with Crippen molar-refractivity contribution in [1.29, 1.82) is 0 Å². The van der Waals surface area contributed by atoms with E-state index in [4.69, 9.17) is 5.73 Å². The van der Waals surface area contributed by atoms with Crippen LogP contribution in [-0.2, 0) is 4.79 Å². The highest BCUT2D eigenvalue weighted by Gasteiger charge is 2.43. The number of nitrogens with two attached hydrogens (primary N) is 1. The Labute approximate surface area is 135 Å². The molecule has 3 aliphatic heterocycles. The molecular formula is C17H34FN3O. The van der Waals surface area contributed by atoms with E-state index in [1.54, 1.807) is 0 Å². The quantitative estimate of drug-likeness (QED) is 0.722. The summed E-state index contributed by atoms with van der Waals surface area (Å²) >= 11 is 0. The molecule has 3 rings (SSSR count). The Morgan fingerprint density at radius 2 is 1.95 bits per heavy atom. The second-order valence-electron chi connectivity index (χ2n) is 6.58. The summed E-state index contributed by atoms with van der Waals surface area (Å²) in [6, 6.07) is 1.01. The molecule has 5 heteroatoms. The van der Waals surface area contributed by atoms with Crippen LogP contribution in [0.3, 0.4) is 0 Å². The van der Waals surface area contributed by atoms with Crippen LogP contribution in [0.15, 0.2) is 0 Å². The molecule has 3 saturated heterocycles. The van der Waals surface area contributed by atoms with Crippen molar-refractivity contribution in [2.75, 3.05) is 13.6 Å². The van der Waals surface area contributed by atoms with E-state index in [0.717, 1.165) is 32.2 Å². The van der Waals surface area contributed by atoms with Crippen LogP contribution in [0.4, 0.5) is 4.39 Å². The van der Waals surface area contributed by atoms with Gasteiger partial charge in [0, 0.05) is 31.1 Å². The minimum absolute atomic E-state index is 0.0903. The van der Waals surface area contributed by atoms with Gasteiger partial charge in [0.15, 0.2) is 0 Å². The first-order valence-corrected chi connectivity index (χ1v) is 8.87. The number of fused-ring (bicyclic) bond motifs is 2. The van der Waals surface area contributed by atoms with Crippen LogP contribution < -0.4 is 11.1 Å². The Kier molecular flexibility index (Phi) is 8.33. The van der Waals surface area contributed by atoms with Gasteiger partial charge >= 0.3 is 0 Å². The Hall–Kier alpha value is -0.680. The highest BCUT2D eigenvalue weighted by molar-refractivity contribution is 5.76. The lowest BCUT2D eigenvalue weighted by atomic mass is 9.91. The molecule has 0 aromatic heterocycles. The van der Waals surface area contributed by atoms with Gasteiger partial charge in [-0.15, -0.1) is 0 Å². The smallest absolute Gasteiger partial charge is 0.221 e. The Balaban J connectivity index is 0.000000202. The van der Waals surface area contributed by atoms with Crippen LogP contribution in [0, 0.1) is 5.92 Å². The maximum atomic E-state index is 13.5. The number of hydrogen-bond donors (Lipinski definition) is 2. The Bertz CT molecular complexity index is 340. The average molecular weight is 315 g/mol. The van der Waals surface area contributed by atoms with Crippen LogP contribution in [0.5, 0.6) is 0 Å². The van der Waals surface area contributed by atoms with E-state index < -0.39 is 6.17 Å². The first-order chi connectivity index (χ1) is 10.5. The van der Waals surface area contributed by atoms with E-state index in [9.17, 15) is 9.18 Å². The molecule has 4 nitrogen and oxygen atoms in total. The molecule has 3 heterocycles. The van der Waals surface area contributed by atoms with E-state index in [2.05, 4.69) is 17.3 Å². The molecule has 0 spiro atoms. The molecule has 0 aliphatic carbocycles. The number of halogens is 1.